The zero-order valence-electron chi connectivity index (χ0n) is 14.8. The summed E-state index contributed by atoms with van der Waals surface area (Å²) in [5.74, 6) is -0.785. The number of cyclic esters (lactones) is 2. The molecule has 0 spiro atoms. The Balaban J connectivity index is 2.72. The van der Waals surface area contributed by atoms with E-state index in [0.29, 0.717) is 45.1 Å². The van der Waals surface area contributed by atoms with Crippen molar-refractivity contribution in [2.75, 3.05) is 19.8 Å². The zero-order chi connectivity index (χ0) is 17.3. The molecule has 0 bridgehead atoms. The first-order valence-corrected chi connectivity index (χ1v) is 10.6. The van der Waals surface area contributed by atoms with Crippen LogP contribution in [0.4, 0.5) is 0 Å². The Labute approximate surface area is 140 Å². The van der Waals surface area contributed by atoms with Crippen LogP contribution in [-0.4, -0.2) is 40.6 Å². The van der Waals surface area contributed by atoms with Crippen LogP contribution in [0.5, 0.6) is 0 Å². The molecule has 1 unspecified atom stereocenters. The van der Waals surface area contributed by atoms with Gasteiger partial charge in [0.1, 0.15) is 0 Å². The molecule has 1 rings (SSSR count). The van der Waals surface area contributed by atoms with Gasteiger partial charge < -0.3 is 18.0 Å². The molecule has 23 heavy (non-hydrogen) atoms. The molecule has 1 aliphatic rings. The topological polar surface area (TPSA) is 71.1 Å². The zero-order valence-corrected chi connectivity index (χ0v) is 15.8. The van der Waals surface area contributed by atoms with Gasteiger partial charge in [0, 0.05) is 25.9 Å². The minimum Gasteiger partial charge on any atom is -0.393 e. The lowest BCUT2D eigenvalue weighted by Gasteiger charge is -2.30. The molecule has 0 aromatic rings. The minimum absolute atomic E-state index is 0.187. The van der Waals surface area contributed by atoms with E-state index in [0.717, 1.165) is 6.42 Å². The van der Waals surface area contributed by atoms with Crippen LogP contribution in [0.3, 0.4) is 0 Å². The van der Waals surface area contributed by atoms with Gasteiger partial charge in [-0.2, -0.15) is 0 Å². The van der Waals surface area contributed by atoms with E-state index in [4.69, 9.17) is 18.0 Å². The average Bonchev–Trinajstić information content (AvgIpc) is 2.74. The molecule has 0 radical (unpaired) electrons. The Bertz CT molecular complexity index is 383. The highest BCUT2D eigenvalue weighted by atomic mass is 28.4. The summed E-state index contributed by atoms with van der Waals surface area (Å²) in [6.07, 6.45) is 3.02. The smallest absolute Gasteiger partial charge is 0.393 e. The molecule has 7 heteroatoms. The maximum Gasteiger partial charge on any atom is 0.500 e. The van der Waals surface area contributed by atoms with Crippen LogP contribution < -0.4 is 0 Å². The third kappa shape index (κ3) is 5.38. The second kappa shape index (κ2) is 9.51. The van der Waals surface area contributed by atoms with Gasteiger partial charge in [0.05, 0.1) is 11.8 Å². The predicted molar refractivity (Wildman–Crippen MR) is 87.7 cm³/mol. The number of carbonyl (C=O) groups excluding carboxylic acids is 2. The van der Waals surface area contributed by atoms with Gasteiger partial charge in [0.2, 0.25) is 0 Å². The quantitative estimate of drug-likeness (QED) is 0.307. The summed E-state index contributed by atoms with van der Waals surface area (Å²) in [6.45, 7) is 9.38. The molecule has 1 saturated heterocycles. The monoisotopic (exact) mass is 346 g/mol. The Kier molecular flexibility index (Phi) is 8.39. The summed E-state index contributed by atoms with van der Waals surface area (Å²) in [7, 11) is -2.70. The van der Waals surface area contributed by atoms with Crippen molar-refractivity contribution < 1.29 is 27.6 Å². The molecule has 0 aromatic heterocycles. The fourth-order valence-electron chi connectivity index (χ4n) is 3.23. The van der Waals surface area contributed by atoms with Gasteiger partial charge in [-0.25, -0.2) is 0 Å². The van der Waals surface area contributed by atoms with Crippen LogP contribution in [0.2, 0.25) is 6.04 Å². The molecular weight excluding hydrogens is 316 g/mol. The van der Waals surface area contributed by atoms with Crippen LogP contribution in [0.1, 0.15) is 59.8 Å². The van der Waals surface area contributed by atoms with Crippen LogP contribution in [0.25, 0.3) is 0 Å². The number of carbonyl (C=O) groups is 2. The van der Waals surface area contributed by atoms with Gasteiger partial charge >= 0.3 is 20.7 Å². The Morgan fingerprint density at radius 2 is 1.57 bits per heavy atom. The Morgan fingerprint density at radius 1 is 1.00 bits per heavy atom. The lowest BCUT2D eigenvalue weighted by Crippen LogP contribution is -2.46. The van der Waals surface area contributed by atoms with Gasteiger partial charge in [0.25, 0.3) is 0 Å². The summed E-state index contributed by atoms with van der Waals surface area (Å²) in [5.41, 5.74) is -0.670. The van der Waals surface area contributed by atoms with E-state index < -0.39 is 20.2 Å². The van der Waals surface area contributed by atoms with E-state index in [9.17, 15) is 9.59 Å². The number of ether oxygens (including phenoxy) is 1. The van der Waals surface area contributed by atoms with Crippen molar-refractivity contribution >= 4 is 20.7 Å². The number of rotatable bonds is 12. The Hall–Kier alpha value is -0.763. The summed E-state index contributed by atoms with van der Waals surface area (Å²) in [6, 6.07) is 0.648. The van der Waals surface area contributed by atoms with Crippen LogP contribution in [-0.2, 0) is 27.6 Å². The first kappa shape index (κ1) is 20.3. The van der Waals surface area contributed by atoms with Gasteiger partial charge in [-0.15, -0.1) is 0 Å². The molecule has 0 N–H and O–H groups in total. The van der Waals surface area contributed by atoms with E-state index in [1.165, 1.54) is 0 Å². The van der Waals surface area contributed by atoms with Crippen molar-refractivity contribution in [1.82, 2.24) is 0 Å². The normalized spacial score (nSPS) is 21.7. The third-order valence-electron chi connectivity index (χ3n) is 4.08. The van der Waals surface area contributed by atoms with Crippen LogP contribution in [0.15, 0.2) is 0 Å². The van der Waals surface area contributed by atoms with Crippen LogP contribution >= 0.6 is 0 Å². The second-order valence-electron chi connectivity index (χ2n) is 5.80. The van der Waals surface area contributed by atoms with Crippen molar-refractivity contribution in [3.63, 3.8) is 0 Å². The number of esters is 2. The minimum atomic E-state index is -2.70. The van der Waals surface area contributed by atoms with Crippen molar-refractivity contribution in [3.8, 4) is 0 Å². The molecule has 134 valence electrons. The van der Waals surface area contributed by atoms with Crippen molar-refractivity contribution in [3.05, 3.63) is 0 Å². The molecule has 1 heterocycles. The fraction of sp³-hybridized carbons (Fsp3) is 0.875. The molecule has 1 fully saturated rings. The second-order valence-corrected chi connectivity index (χ2v) is 8.54. The SMILES string of the molecule is CCCC1(CCC[Si](OCC)(OCC)OCC)CC(=O)OC1=O. The highest BCUT2D eigenvalue weighted by Gasteiger charge is 2.49. The maximum atomic E-state index is 12.1. The molecule has 6 nitrogen and oxygen atoms in total. The summed E-state index contributed by atoms with van der Waals surface area (Å²) >= 11 is 0. The molecule has 1 atom stereocenters. The number of hydrogen-bond donors (Lipinski definition) is 0. The average molecular weight is 346 g/mol. The largest absolute Gasteiger partial charge is 0.500 e. The van der Waals surface area contributed by atoms with Gasteiger partial charge in [-0.1, -0.05) is 13.3 Å². The first-order chi connectivity index (χ1) is 11.0. The summed E-state index contributed by atoms with van der Waals surface area (Å²) in [5, 5.41) is 0. The lowest BCUT2D eigenvalue weighted by molar-refractivity contribution is -0.155. The van der Waals surface area contributed by atoms with Crippen LogP contribution in [0, 0.1) is 5.41 Å². The Morgan fingerprint density at radius 3 is 1.96 bits per heavy atom. The van der Waals surface area contributed by atoms with Gasteiger partial charge in [-0.05, 0) is 40.0 Å². The standard InChI is InChI=1S/C16H30O6Si/c1-5-10-16(13-14(17)22-15(16)18)11-9-12-23(19-6-2,20-7-3)21-8-4/h5-13H2,1-4H3. The summed E-state index contributed by atoms with van der Waals surface area (Å²) in [4.78, 5) is 23.6. The third-order valence-corrected chi connectivity index (χ3v) is 7.23. The molecule has 0 aliphatic carbocycles. The van der Waals surface area contributed by atoms with Crippen molar-refractivity contribution in [2.24, 2.45) is 5.41 Å². The summed E-state index contributed by atoms with van der Waals surface area (Å²) < 4.78 is 22.3. The maximum absolute atomic E-state index is 12.1. The highest BCUT2D eigenvalue weighted by molar-refractivity contribution is 6.60. The highest BCUT2D eigenvalue weighted by Crippen LogP contribution is 2.41. The van der Waals surface area contributed by atoms with Crippen molar-refractivity contribution in [1.29, 1.82) is 0 Å². The first-order valence-electron chi connectivity index (χ1n) is 8.64. The molecule has 0 saturated carbocycles. The molecular formula is C16H30O6Si. The molecule has 0 aromatic carbocycles. The number of hydrogen-bond acceptors (Lipinski definition) is 6. The van der Waals surface area contributed by atoms with Gasteiger partial charge in [-0.3, -0.25) is 9.59 Å². The molecule has 1 aliphatic heterocycles. The molecule has 0 amide bonds. The van der Waals surface area contributed by atoms with E-state index in [2.05, 4.69) is 0 Å². The van der Waals surface area contributed by atoms with E-state index in [1.54, 1.807) is 0 Å². The van der Waals surface area contributed by atoms with E-state index >= 15 is 0 Å². The predicted octanol–water partition coefficient (Wildman–Crippen LogP) is 3.08. The fourth-order valence-corrected chi connectivity index (χ4v) is 5.84. The van der Waals surface area contributed by atoms with Gasteiger partial charge in [0.15, 0.2) is 0 Å². The van der Waals surface area contributed by atoms with Crippen molar-refractivity contribution in [2.45, 2.75) is 65.8 Å². The van der Waals surface area contributed by atoms with E-state index in [-0.39, 0.29) is 12.4 Å². The van der Waals surface area contributed by atoms with E-state index in [1.807, 2.05) is 27.7 Å². The lowest BCUT2D eigenvalue weighted by atomic mass is 9.78.